The average molecular weight is 475 g/mol. The molecule has 164 valence electrons. The van der Waals surface area contributed by atoms with Crippen molar-refractivity contribution in [3.8, 4) is 11.4 Å². The summed E-state index contributed by atoms with van der Waals surface area (Å²) in [6, 6.07) is 22.1. The van der Waals surface area contributed by atoms with Crippen LogP contribution in [0.5, 0.6) is 5.75 Å². The van der Waals surface area contributed by atoms with E-state index in [4.69, 9.17) is 4.74 Å². The van der Waals surface area contributed by atoms with Crippen LogP contribution in [-0.2, 0) is 4.79 Å². The van der Waals surface area contributed by atoms with Gasteiger partial charge in [0.2, 0.25) is 5.91 Å². The minimum absolute atomic E-state index is 0.0802. The summed E-state index contributed by atoms with van der Waals surface area (Å²) in [5.74, 6) is 0.588. The molecule has 2 aromatic heterocycles. The first kappa shape index (κ1) is 21.2. The molecule has 0 spiro atoms. The molecule has 0 aliphatic rings. The van der Waals surface area contributed by atoms with Crippen LogP contribution in [-0.4, -0.2) is 33.3 Å². The molecule has 0 aliphatic heterocycles. The van der Waals surface area contributed by atoms with E-state index in [1.54, 1.807) is 23.8 Å². The van der Waals surface area contributed by atoms with Crippen LogP contribution in [0.1, 0.15) is 0 Å². The number of rotatable bonds is 6. The monoisotopic (exact) mass is 474 g/mol. The van der Waals surface area contributed by atoms with Crippen molar-refractivity contribution in [2.75, 3.05) is 18.2 Å². The van der Waals surface area contributed by atoms with Gasteiger partial charge >= 0.3 is 0 Å². The second kappa shape index (κ2) is 9.05. The highest BCUT2D eigenvalue weighted by atomic mass is 32.2. The number of nitrogens with one attached hydrogen (secondary N) is 1. The van der Waals surface area contributed by atoms with E-state index in [1.807, 2.05) is 60.7 Å². The van der Waals surface area contributed by atoms with E-state index in [0.29, 0.717) is 26.9 Å². The van der Waals surface area contributed by atoms with Gasteiger partial charge in [0, 0.05) is 0 Å². The summed E-state index contributed by atoms with van der Waals surface area (Å²) in [4.78, 5) is 35.0. The summed E-state index contributed by atoms with van der Waals surface area (Å²) < 4.78 is 7.71. The fraction of sp³-hybridized carbons (Fsp3) is 0.0833. The predicted molar refractivity (Wildman–Crippen MR) is 133 cm³/mol. The van der Waals surface area contributed by atoms with Crippen LogP contribution in [0.4, 0.5) is 5.13 Å². The number of thiazole rings is 1. The van der Waals surface area contributed by atoms with Gasteiger partial charge < -0.3 is 10.1 Å². The van der Waals surface area contributed by atoms with E-state index >= 15 is 0 Å². The number of anilines is 1. The third-order valence-electron chi connectivity index (χ3n) is 4.93. The number of thioether (sulfide) groups is 1. The molecule has 0 saturated carbocycles. The Hall–Kier alpha value is -3.69. The number of hydrogen-bond donors (Lipinski definition) is 1. The highest BCUT2D eigenvalue weighted by Gasteiger charge is 2.15. The SMILES string of the molecule is COc1ccc2nc(NC(=O)CSc3nc4ccccc4c(=O)n3-c3ccccc3)sc2c1. The van der Waals surface area contributed by atoms with Crippen molar-refractivity contribution < 1.29 is 9.53 Å². The number of fused-ring (bicyclic) bond motifs is 2. The highest BCUT2D eigenvalue weighted by molar-refractivity contribution is 7.99. The van der Waals surface area contributed by atoms with Crippen LogP contribution < -0.4 is 15.6 Å². The zero-order valence-corrected chi connectivity index (χ0v) is 19.2. The average Bonchev–Trinajstić information content (AvgIpc) is 3.24. The second-order valence-corrected chi connectivity index (χ2v) is 9.05. The molecule has 0 saturated heterocycles. The standard InChI is InChI=1S/C24H18N4O3S2/c1-31-16-11-12-19-20(13-16)33-23(25-19)27-21(29)14-32-24-26-18-10-6-5-9-17(18)22(30)28(24)15-7-3-2-4-8-15/h2-13H,14H2,1H3,(H,25,27,29). The molecule has 1 amide bonds. The largest absolute Gasteiger partial charge is 0.497 e. The van der Waals surface area contributed by atoms with Gasteiger partial charge in [-0.05, 0) is 42.5 Å². The number of amides is 1. The first-order chi connectivity index (χ1) is 16.1. The molecular weight excluding hydrogens is 456 g/mol. The minimum Gasteiger partial charge on any atom is -0.497 e. The predicted octanol–water partition coefficient (Wildman–Crippen LogP) is 4.73. The van der Waals surface area contributed by atoms with Gasteiger partial charge in [0.05, 0.1) is 39.7 Å². The Morgan fingerprint density at radius 1 is 1.03 bits per heavy atom. The molecule has 2 heterocycles. The molecule has 0 fully saturated rings. The number of aromatic nitrogens is 3. The quantitative estimate of drug-likeness (QED) is 0.283. The lowest BCUT2D eigenvalue weighted by Crippen LogP contribution is -2.22. The number of para-hydroxylation sites is 2. The number of methoxy groups -OCH3 is 1. The lowest BCUT2D eigenvalue weighted by molar-refractivity contribution is -0.113. The van der Waals surface area contributed by atoms with Crippen LogP contribution in [0.3, 0.4) is 0 Å². The maximum absolute atomic E-state index is 13.2. The van der Waals surface area contributed by atoms with Crippen LogP contribution in [0.2, 0.25) is 0 Å². The summed E-state index contributed by atoms with van der Waals surface area (Å²) in [7, 11) is 1.61. The van der Waals surface area contributed by atoms with Gasteiger partial charge in [-0.25, -0.2) is 9.97 Å². The van der Waals surface area contributed by atoms with E-state index < -0.39 is 0 Å². The molecule has 0 aliphatic carbocycles. The van der Waals surface area contributed by atoms with Crippen LogP contribution in [0.15, 0.2) is 82.7 Å². The third kappa shape index (κ3) is 4.33. The zero-order chi connectivity index (χ0) is 22.8. The van der Waals surface area contributed by atoms with Gasteiger partial charge in [0.25, 0.3) is 5.56 Å². The first-order valence-electron chi connectivity index (χ1n) is 10.1. The molecule has 3 aromatic carbocycles. The van der Waals surface area contributed by atoms with Crippen molar-refractivity contribution in [3.63, 3.8) is 0 Å². The minimum atomic E-state index is -0.229. The Morgan fingerprint density at radius 3 is 2.64 bits per heavy atom. The molecule has 33 heavy (non-hydrogen) atoms. The molecule has 0 atom stereocenters. The lowest BCUT2D eigenvalue weighted by Gasteiger charge is -2.13. The summed E-state index contributed by atoms with van der Waals surface area (Å²) in [6.07, 6.45) is 0. The maximum Gasteiger partial charge on any atom is 0.266 e. The highest BCUT2D eigenvalue weighted by Crippen LogP contribution is 2.29. The van der Waals surface area contributed by atoms with Gasteiger partial charge in [-0.2, -0.15) is 0 Å². The van der Waals surface area contributed by atoms with Gasteiger partial charge in [0.15, 0.2) is 10.3 Å². The Bertz CT molecular complexity index is 1530. The van der Waals surface area contributed by atoms with E-state index in [2.05, 4.69) is 15.3 Å². The molecule has 5 aromatic rings. The van der Waals surface area contributed by atoms with E-state index in [9.17, 15) is 9.59 Å². The zero-order valence-electron chi connectivity index (χ0n) is 17.5. The van der Waals surface area contributed by atoms with E-state index in [-0.39, 0.29) is 17.2 Å². The van der Waals surface area contributed by atoms with Crippen molar-refractivity contribution in [1.29, 1.82) is 0 Å². The van der Waals surface area contributed by atoms with Gasteiger partial charge in [-0.3, -0.25) is 14.2 Å². The molecule has 9 heteroatoms. The molecule has 1 N–H and O–H groups in total. The fourth-order valence-corrected chi connectivity index (χ4v) is 5.11. The number of carbonyl (C=O) groups is 1. The number of nitrogens with zero attached hydrogens (tertiary/aromatic N) is 3. The van der Waals surface area contributed by atoms with Crippen molar-refractivity contribution in [2.24, 2.45) is 0 Å². The van der Waals surface area contributed by atoms with Crippen LogP contribution >= 0.6 is 23.1 Å². The molecule has 0 radical (unpaired) electrons. The van der Waals surface area contributed by atoms with Crippen molar-refractivity contribution in [1.82, 2.24) is 14.5 Å². The summed E-state index contributed by atoms with van der Waals surface area (Å²) in [6.45, 7) is 0. The molecule has 7 nitrogen and oxygen atoms in total. The smallest absolute Gasteiger partial charge is 0.266 e. The number of carbonyl (C=O) groups excluding carboxylic acids is 1. The number of hydrogen-bond acceptors (Lipinski definition) is 7. The van der Waals surface area contributed by atoms with E-state index in [0.717, 1.165) is 16.0 Å². The molecule has 0 bridgehead atoms. The second-order valence-electron chi connectivity index (χ2n) is 7.08. The van der Waals surface area contributed by atoms with Crippen molar-refractivity contribution in [2.45, 2.75) is 5.16 Å². The first-order valence-corrected chi connectivity index (χ1v) is 11.9. The molecular formula is C24H18N4O3S2. The Kier molecular flexibility index (Phi) is 5.80. The number of benzene rings is 3. The van der Waals surface area contributed by atoms with Gasteiger partial charge in [-0.15, -0.1) is 0 Å². The number of ether oxygens (including phenoxy) is 1. The summed E-state index contributed by atoms with van der Waals surface area (Å²) in [5.41, 5.74) is 1.91. The van der Waals surface area contributed by atoms with Crippen LogP contribution in [0, 0.1) is 0 Å². The van der Waals surface area contributed by atoms with Crippen LogP contribution in [0.25, 0.3) is 26.8 Å². The van der Waals surface area contributed by atoms with Crippen molar-refractivity contribution >= 4 is 55.3 Å². The summed E-state index contributed by atoms with van der Waals surface area (Å²) in [5, 5.41) is 4.33. The van der Waals surface area contributed by atoms with Gasteiger partial charge in [-0.1, -0.05) is 53.4 Å². The molecule has 0 unspecified atom stereocenters. The topological polar surface area (TPSA) is 86.1 Å². The summed E-state index contributed by atoms with van der Waals surface area (Å²) >= 11 is 2.59. The normalized spacial score (nSPS) is 11.1. The third-order valence-corrected chi connectivity index (χ3v) is 6.81. The fourth-order valence-electron chi connectivity index (χ4n) is 3.38. The van der Waals surface area contributed by atoms with E-state index in [1.165, 1.54) is 23.1 Å². The van der Waals surface area contributed by atoms with Gasteiger partial charge in [0.1, 0.15) is 5.75 Å². The lowest BCUT2D eigenvalue weighted by atomic mass is 10.2. The Labute approximate surface area is 197 Å². The molecule has 5 rings (SSSR count). The Morgan fingerprint density at radius 2 is 1.82 bits per heavy atom. The maximum atomic E-state index is 13.2. The van der Waals surface area contributed by atoms with Crippen molar-refractivity contribution in [3.05, 3.63) is 83.2 Å². The Balaban J connectivity index is 1.41.